The van der Waals surface area contributed by atoms with Gasteiger partial charge in [-0.1, -0.05) is 34.1 Å². The third kappa shape index (κ3) is 3.33. The van der Waals surface area contributed by atoms with Crippen molar-refractivity contribution >= 4 is 33.4 Å². The lowest BCUT2D eigenvalue weighted by molar-refractivity contribution is -0.124. The molecule has 1 aliphatic rings. The fourth-order valence-electron chi connectivity index (χ4n) is 3.20. The van der Waals surface area contributed by atoms with Crippen molar-refractivity contribution in [2.24, 2.45) is 0 Å². The number of hydrogen-bond acceptors (Lipinski definition) is 2. The minimum absolute atomic E-state index is 0.0386. The summed E-state index contributed by atoms with van der Waals surface area (Å²) in [4.78, 5) is 29.2. The summed E-state index contributed by atoms with van der Waals surface area (Å²) in [6.45, 7) is 6.90. The van der Waals surface area contributed by atoms with E-state index in [4.69, 9.17) is 0 Å². The van der Waals surface area contributed by atoms with E-state index in [1.165, 1.54) is 0 Å². The summed E-state index contributed by atoms with van der Waals surface area (Å²) in [6, 6.07) is 12.8. The minimum Gasteiger partial charge on any atom is -0.325 e. The molecule has 1 heterocycles. The summed E-state index contributed by atoms with van der Waals surface area (Å²) in [6.07, 6.45) is 0. The van der Waals surface area contributed by atoms with E-state index in [0.717, 1.165) is 21.3 Å². The van der Waals surface area contributed by atoms with Gasteiger partial charge in [0.05, 0.1) is 0 Å². The van der Waals surface area contributed by atoms with Gasteiger partial charge in [0.1, 0.15) is 6.04 Å². The summed E-state index contributed by atoms with van der Waals surface area (Å²) >= 11 is 3.39. The average Bonchev–Trinajstić information content (AvgIpc) is 2.59. The number of hydrogen-bond donors (Lipinski definition) is 0. The minimum atomic E-state index is -0.486. The van der Waals surface area contributed by atoms with Crippen molar-refractivity contribution in [2.45, 2.75) is 26.8 Å². The molecule has 1 fully saturated rings. The molecule has 0 saturated carbocycles. The molecule has 1 saturated heterocycles. The number of aryl methyl sites for hydroxylation is 1. The van der Waals surface area contributed by atoms with E-state index in [1.807, 2.05) is 44.2 Å². The molecule has 2 aromatic carbocycles. The molecule has 0 unspecified atom stereocenters. The van der Waals surface area contributed by atoms with Crippen molar-refractivity contribution in [3.8, 4) is 0 Å². The highest BCUT2D eigenvalue weighted by Gasteiger charge is 2.35. The number of rotatable bonds is 2. The molecule has 5 heteroatoms. The number of nitrogens with zero attached hydrogens (tertiary/aromatic N) is 2. The number of benzene rings is 2. The van der Waals surface area contributed by atoms with Crippen LogP contribution in [0.2, 0.25) is 0 Å². The lowest BCUT2D eigenvalue weighted by atomic mass is 10.0. The van der Waals surface area contributed by atoms with E-state index >= 15 is 0 Å². The van der Waals surface area contributed by atoms with Crippen molar-refractivity contribution in [1.82, 2.24) is 4.90 Å². The number of halogens is 1. The van der Waals surface area contributed by atoms with Gasteiger partial charge in [0, 0.05) is 28.8 Å². The van der Waals surface area contributed by atoms with Gasteiger partial charge in [-0.05, 0) is 56.2 Å². The summed E-state index contributed by atoms with van der Waals surface area (Å²) in [7, 11) is 0. The molecule has 4 nitrogen and oxygen atoms in total. The predicted octanol–water partition coefficient (Wildman–Crippen LogP) is 3.94. The summed E-state index contributed by atoms with van der Waals surface area (Å²) in [5, 5.41) is 0. The van der Waals surface area contributed by atoms with E-state index in [2.05, 4.69) is 15.9 Å². The number of anilines is 1. The number of carbonyl (C=O) groups excluding carboxylic acids is 2. The van der Waals surface area contributed by atoms with Crippen LogP contribution in [-0.4, -0.2) is 35.8 Å². The third-order valence-corrected chi connectivity index (χ3v) is 5.35. The van der Waals surface area contributed by atoms with Gasteiger partial charge in [0.15, 0.2) is 0 Å². The molecular formula is C20H21BrN2O2. The molecule has 1 aliphatic heterocycles. The maximum Gasteiger partial charge on any atom is 0.254 e. The molecule has 0 aromatic heterocycles. The van der Waals surface area contributed by atoms with E-state index < -0.39 is 6.04 Å². The second-order valence-electron chi connectivity index (χ2n) is 6.39. The molecule has 130 valence electrons. The first kappa shape index (κ1) is 17.7. The van der Waals surface area contributed by atoms with Crippen LogP contribution in [0.1, 0.15) is 28.4 Å². The third-order valence-electron chi connectivity index (χ3n) is 4.85. The normalized spacial score (nSPS) is 17.8. The van der Waals surface area contributed by atoms with E-state index in [0.29, 0.717) is 18.7 Å². The Kier molecular flexibility index (Phi) is 4.95. The fourth-order valence-corrected chi connectivity index (χ4v) is 3.60. The van der Waals surface area contributed by atoms with Crippen LogP contribution in [0.15, 0.2) is 46.9 Å². The molecule has 25 heavy (non-hydrogen) atoms. The summed E-state index contributed by atoms with van der Waals surface area (Å²) < 4.78 is 0.853. The van der Waals surface area contributed by atoms with Crippen LogP contribution in [0.25, 0.3) is 0 Å². The zero-order chi connectivity index (χ0) is 18.1. The quantitative estimate of drug-likeness (QED) is 0.765. The first-order valence-electron chi connectivity index (χ1n) is 8.34. The summed E-state index contributed by atoms with van der Waals surface area (Å²) in [5.74, 6) is -0.147. The Balaban J connectivity index is 1.84. The molecule has 0 N–H and O–H groups in total. The Bertz CT molecular complexity index is 834. The lowest BCUT2D eigenvalue weighted by Crippen LogP contribution is -2.58. The second kappa shape index (κ2) is 7.00. The highest BCUT2D eigenvalue weighted by atomic mass is 79.9. The Labute approximate surface area is 156 Å². The fraction of sp³-hybridized carbons (Fsp3) is 0.300. The largest absolute Gasteiger partial charge is 0.325 e. The van der Waals surface area contributed by atoms with Gasteiger partial charge in [0.2, 0.25) is 5.91 Å². The van der Waals surface area contributed by atoms with Gasteiger partial charge in [-0.25, -0.2) is 0 Å². The van der Waals surface area contributed by atoms with Crippen LogP contribution in [-0.2, 0) is 4.79 Å². The standard InChI is InChI=1S/C20H21BrN2O2/c1-13-6-4-9-18(14(13)2)23-11-10-22(15(3)19(23)24)20(25)16-7-5-8-17(21)12-16/h4-9,12,15H,10-11H2,1-3H3/t15-/m1/s1. The molecular weight excluding hydrogens is 380 g/mol. The van der Waals surface area contributed by atoms with Crippen LogP contribution < -0.4 is 4.90 Å². The monoisotopic (exact) mass is 400 g/mol. The van der Waals surface area contributed by atoms with Crippen LogP contribution in [0.5, 0.6) is 0 Å². The topological polar surface area (TPSA) is 40.6 Å². The van der Waals surface area contributed by atoms with E-state index in [-0.39, 0.29) is 11.8 Å². The van der Waals surface area contributed by atoms with Crippen molar-refractivity contribution in [3.63, 3.8) is 0 Å². The van der Waals surface area contributed by atoms with Gasteiger partial charge in [0.25, 0.3) is 5.91 Å². The Hall–Kier alpha value is -2.14. The van der Waals surface area contributed by atoms with Crippen LogP contribution in [0, 0.1) is 13.8 Å². The van der Waals surface area contributed by atoms with Crippen molar-refractivity contribution < 1.29 is 9.59 Å². The Morgan fingerprint density at radius 3 is 2.56 bits per heavy atom. The zero-order valence-electron chi connectivity index (χ0n) is 14.6. The molecule has 0 bridgehead atoms. The molecule has 2 aromatic rings. The van der Waals surface area contributed by atoms with Crippen LogP contribution in [0.4, 0.5) is 5.69 Å². The number of carbonyl (C=O) groups is 2. The first-order valence-corrected chi connectivity index (χ1v) is 9.13. The van der Waals surface area contributed by atoms with Crippen molar-refractivity contribution in [1.29, 1.82) is 0 Å². The highest BCUT2D eigenvalue weighted by Crippen LogP contribution is 2.27. The Morgan fingerprint density at radius 2 is 1.84 bits per heavy atom. The highest BCUT2D eigenvalue weighted by molar-refractivity contribution is 9.10. The lowest BCUT2D eigenvalue weighted by Gasteiger charge is -2.39. The molecule has 0 radical (unpaired) electrons. The SMILES string of the molecule is Cc1cccc(N2CCN(C(=O)c3cccc(Br)c3)[C@H](C)C2=O)c1C. The van der Waals surface area contributed by atoms with Gasteiger partial charge in [-0.2, -0.15) is 0 Å². The number of amides is 2. The van der Waals surface area contributed by atoms with Gasteiger partial charge in [-0.3, -0.25) is 9.59 Å². The predicted molar refractivity (Wildman–Crippen MR) is 103 cm³/mol. The van der Waals surface area contributed by atoms with Crippen molar-refractivity contribution in [2.75, 3.05) is 18.0 Å². The number of piperazine rings is 1. The van der Waals surface area contributed by atoms with Crippen LogP contribution >= 0.6 is 15.9 Å². The molecule has 3 rings (SSSR count). The van der Waals surface area contributed by atoms with Crippen molar-refractivity contribution in [3.05, 3.63) is 63.6 Å². The van der Waals surface area contributed by atoms with E-state index in [9.17, 15) is 9.59 Å². The first-order chi connectivity index (χ1) is 11.9. The zero-order valence-corrected chi connectivity index (χ0v) is 16.2. The molecule has 0 aliphatic carbocycles. The molecule has 2 amide bonds. The van der Waals surface area contributed by atoms with E-state index in [1.54, 1.807) is 28.9 Å². The van der Waals surface area contributed by atoms with Crippen LogP contribution in [0.3, 0.4) is 0 Å². The van der Waals surface area contributed by atoms with Gasteiger partial charge < -0.3 is 9.80 Å². The maximum absolute atomic E-state index is 12.9. The average molecular weight is 401 g/mol. The summed E-state index contributed by atoms with van der Waals surface area (Å²) in [5.41, 5.74) is 3.79. The van der Waals surface area contributed by atoms with Gasteiger partial charge >= 0.3 is 0 Å². The second-order valence-corrected chi connectivity index (χ2v) is 7.31. The molecule has 1 atom stereocenters. The molecule has 0 spiro atoms. The smallest absolute Gasteiger partial charge is 0.254 e. The maximum atomic E-state index is 12.9. The Morgan fingerprint density at radius 1 is 1.12 bits per heavy atom. The van der Waals surface area contributed by atoms with Gasteiger partial charge in [-0.15, -0.1) is 0 Å².